The molecule has 2 heteroatoms. The first-order chi connectivity index (χ1) is 8.93. The van der Waals surface area contributed by atoms with E-state index in [0.717, 1.165) is 25.7 Å². The van der Waals surface area contributed by atoms with E-state index in [1.54, 1.807) is 0 Å². The van der Waals surface area contributed by atoms with Gasteiger partial charge in [-0.15, -0.1) is 0 Å². The molecule has 0 atom stereocenters. The van der Waals surface area contributed by atoms with Crippen LogP contribution < -0.4 is 5.32 Å². The third-order valence-electron chi connectivity index (χ3n) is 3.71. The average molecular weight is 241 g/mol. The van der Waals surface area contributed by atoms with E-state index in [2.05, 4.69) is 47.8 Å². The summed E-state index contributed by atoms with van der Waals surface area (Å²) in [4.78, 5) is 0. The Hall–Kier alpha value is -1.54. The Morgan fingerprint density at radius 2 is 1.78 bits per heavy atom. The smallest absolute Gasteiger partial charge is 0.0469 e. The van der Waals surface area contributed by atoms with E-state index in [1.165, 1.54) is 29.3 Å². The van der Waals surface area contributed by atoms with E-state index < -0.39 is 0 Å². The Kier molecular flexibility index (Phi) is 3.47. The Morgan fingerprint density at radius 3 is 2.67 bits per heavy atom. The van der Waals surface area contributed by atoms with Gasteiger partial charge in [0.25, 0.3) is 0 Å². The summed E-state index contributed by atoms with van der Waals surface area (Å²) in [6.45, 7) is 2.89. The molecule has 0 unspecified atom stereocenters. The molecular formula is C16H19NO. The fraction of sp³-hybridized carbons (Fsp3) is 0.375. The zero-order chi connectivity index (χ0) is 12.2. The van der Waals surface area contributed by atoms with Crippen LogP contribution in [0.3, 0.4) is 0 Å². The second kappa shape index (κ2) is 5.40. The highest BCUT2D eigenvalue weighted by atomic mass is 16.5. The van der Waals surface area contributed by atoms with Gasteiger partial charge in [0.05, 0.1) is 0 Å². The highest BCUT2D eigenvalue weighted by molar-refractivity contribution is 5.93. The molecule has 0 amide bonds. The standard InChI is InChI=1S/C16H19NO/c1-2-6-15-14(4-1)5-3-7-16(15)17-12-13-8-10-18-11-9-13/h1-7,13,17H,8-12H2. The molecule has 2 nitrogen and oxygen atoms in total. The van der Waals surface area contributed by atoms with Gasteiger partial charge in [-0.25, -0.2) is 0 Å². The maximum absolute atomic E-state index is 5.39. The van der Waals surface area contributed by atoms with E-state index in [0.29, 0.717) is 0 Å². The minimum absolute atomic E-state index is 0.748. The molecule has 0 saturated carbocycles. The Morgan fingerprint density at radius 1 is 1.00 bits per heavy atom. The van der Waals surface area contributed by atoms with Crippen molar-refractivity contribution in [3.8, 4) is 0 Å². The van der Waals surface area contributed by atoms with E-state index in [-0.39, 0.29) is 0 Å². The number of anilines is 1. The van der Waals surface area contributed by atoms with Gasteiger partial charge in [-0.3, -0.25) is 0 Å². The largest absolute Gasteiger partial charge is 0.384 e. The molecule has 1 saturated heterocycles. The molecular weight excluding hydrogens is 222 g/mol. The molecule has 94 valence electrons. The summed E-state index contributed by atoms with van der Waals surface area (Å²) < 4.78 is 5.39. The quantitative estimate of drug-likeness (QED) is 0.885. The molecule has 0 bridgehead atoms. The normalized spacial score (nSPS) is 16.9. The van der Waals surface area contributed by atoms with Gasteiger partial charge in [-0.05, 0) is 30.2 Å². The number of benzene rings is 2. The minimum Gasteiger partial charge on any atom is -0.384 e. The number of ether oxygens (including phenoxy) is 1. The van der Waals surface area contributed by atoms with Crippen molar-refractivity contribution in [2.45, 2.75) is 12.8 Å². The number of hydrogen-bond acceptors (Lipinski definition) is 2. The molecule has 1 aliphatic rings. The topological polar surface area (TPSA) is 21.3 Å². The van der Waals surface area contributed by atoms with E-state index >= 15 is 0 Å². The van der Waals surface area contributed by atoms with Crippen LogP contribution in [0, 0.1) is 5.92 Å². The van der Waals surface area contributed by atoms with Gasteiger partial charge in [-0.2, -0.15) is 0 Å². The summed E-state index contributed by atoms with van der Waals surface area (Å²) in [5, 5.41) is 6.21. The van der Waals surface area contributed by atoms with Crippen LogP contribution in [0.2, 0.25) is 0 Å². The monoisotopic (exact) mass is 241 g/mol. The number of hydrogen-bond donors (Lipinski definition) is 1. The molecule has 18 heavy (non-hydrogen) atoms. The van der Waals surface area contributed by atoms with Crippen molar-refractivity contribution >= 4 is 16.5 Å². The fourth-order valence-corrected chi connectivity index (χ4v) is 2.58. The molecule has 3 rings (SSSR count). The third-order valence-corrected chi connectivity index (χ3v) is 3.71. The average Bonchev–Trinajstić information content (AvgIpc) is 2.46. The summed E-state index contributed by atoms with van der Waals surface area (Å²) in [5.41, 5.74) is 1.25. The van der Waals surface area contributed by atoms with Crippen LogP contribution in [-0.2, 0) is 4.74 Å². The molecule has 2 aromatic rings. The first kappa shape index (κ1) is 11.5. The summed E-state index contributed by atoms with van der Waals surface area (Å²) in [5.74, 6) is 0.748. The molecule has 0 radical (unpaired) electrons. The maximum atomic E-state index is 5.39. The highest BCUT2D eigenvalue weighted by Crippen LogP contribution is 2.24. The van der Waals surface area contributed by atoms with Crippen LogP contribution in [0.15, 0.2) is 42.5 Å². The van der Waals surface area contributed by atoms with Crippen molar-refractivity contribution in [3.63, 3.8) is 0 Å². The van der Waals surface area contributed by atoms with Crippen LogP contribution >= 0.6 is 0 Å². The number of rotatable bonds is 3. The minimum atomic E-state index is 0.748. The van der Waals surface area contributed by atoms with Gasteiger partial charge < -0.3 is 10.1 Å². The first-order valence-electron chi connectivity index (χ1n) is 6.73. The van der Waals surface area contributed by atoms with Crippen molar-refractivity contribution in [1.82, 2.24) is 0 Å². The van der Waals surface area contributed by atoms with Crippen LogP contribution in [-0.4, -0.2) is 19.8 Å². The van der Waals surface area contributed by atoms with Crippen LogP contribution in [0.5, 0.6) is 0 Å². The van der Waals surface area contributed by atoms with Crippen molar-refractivity contribution in [1.29, 1.82) is 0 Å². The zero-order valence-corrected chi connectivity index (χ0v) is 10.6. The zero-order valence-electron chi connectivity index (χ0n) is 10.6. The lowest BCUT2D eigenvalue weighted by Gasteiger charge is -2.23. The van der Waals surface area contributed by atoms with Gasteiger partial charge in [0, 0.05) is 30.8 Å². The third kappa shape index (κ3) is 2.49. The van der Waals surface area contributed by atoms with Crippen molar-refractivity contribution in [3.05, 3.63) is 42.5 Å². The number of nitrogens with one attached hydrogen (secondary N) is 1. The Labute approximate surface area is 108 Å². The molecule has 1 N–H and O–H groups in total. The summed E-state index contributed by atoms with van der Waals surface area (Å²) in [7, 11) is 0. The second-order valence-corrected chi connectivity index (χ2v) is 4.96. The van der Waals surface area contributed by atoms with Crippen LogP contribution in [0.25, 0.3) is 10.8 Å². The molecule has 1 aliphatic heterocycles. The van der Waals surface area contributed by atoms with Gasteiger partial charge in [0.1, 0.15) is 0 Å². The molecule has 2 aromatic carbocycles. The summed E-state index contributed by atoms with van der Waals surface area (Å²) in [6.07, 6.45) is 2.36. The molecule has 1 heterocycles. The van der Waals surface area contributed by atoms with Crippen molar-refractivity contribution in [2.24, 2.45) is 5.92 Å². The van der Waals surface area contributed by atoms with Crippen molar-refractivity contribution < 1.29 is 4.74 Å². The molecule has 0 aromatic heterocycles. The lowest BCUT2D eigenvalue weighted by molar-refractivity contribution is 0.0699. The van der Waals surface area contributed by atoms with E-state index in [9.17, 15) is 0 Å². The molecule has 0 spiro atoms. The lowest BCUT2D eigenvalue weighted by atomic mass is 10.00. The van der Waals surface area contributed by atoms with Crippen LogP contribution in [0.1, 0.15) is 12.8 Å². The predicted molar refractivity (Wildman–Crippen MR) is 76.0 cm³/mol. The first-order valence-corrected chi connectivity index (χ1v) is 6.73. The SMILES string of the molecule is c1ccc2c(NCC3CCOCC3)cccc2c1. The summed E-state index contributed by atoms with van der Waals surface area (Å²) in [6, 6.07) is 15.0. The maximum Gasteiger partial charge on any atom is 0.0469 e. The Balaban J connectivity index is 1.74. The van der Waals surface area contributed by atoms with Crippen molar-refractivity contribution in [2.75, 3.05) is 25.1 Å². The Bertz CT molecular complexity index is 512. The van der Waals surface area contributed by atoms with E-state index in [4.69, 9.17) is 4.74 Å². The number of fused-ring (bicyclic) bond motifs is 1. The van der Waals surface area contributed by atoms with E-state index in [1.807, 2.05) is 0 Å². The van der Waals surface area contributed by atoms with Gasteiger partial charge in [0.15, 0.2) is 0 Å². The van der Waals surface area contributed by atoms with Gasteiger partial charge in [-0.1, -0.05) is 36.4 Å². The highest BCUT2D eigenvalue weighted by Gasteiger charge is 2.13. The summed E-state index contributed by atoms with van der Waals surface area (Å²) >= 11 is 0. The van der Waals surface area contributed by atoms with Crippen LogP contribution in [0.4, 0.5) is 5.69 Å². The molecule has 0 aliphatic carbocycles. The van der Waals surface area contributed by atoms with Gasteiger partial charge >= 0.3 is 0 Å². The fourth-order valence-electron chi connectivity index (χ4n) is 2.58. The second-order valence-electron chi connectivity index (χ2n) is 4.96. The van der Waals surface area contributed by atoms with Gasteiger partial charge in [0.2, 0.25) is 0 Å². The lowest BCUT2D eigenvalue weighted by Crippen LogP contribution is -2.22. The predicted octanol–water partition coefficient (Wildman–Crippen LogP) is 3.68. The molecule has 1 fully saturated rings.